The molecular formula is C18H26N2O2. The molecule has 120 valence electrons. The van der Waals surface area contributed by atoms with Crippen LogP contribution < -0.4 is 5.56 Å². The van der Waals surface area contributed by atoms with Crippen molar-refractivity contribution in [2.75, 3.05) is 13.1 Å². The van der Waals surface area contributed by atoms with Crippen LogP contribution in [0.2, 0.25) is 0 Å². The van der Waals surface area contributed by atoms with Crippen LogP contribution in [-0.2, 0) is 11.8 Å². The van der Waals surface area contributed by atoms with E-state index in [1.54, 1.807) is 17.7 Å². The first kappa shape index (κ1) is 15.3. The molecule has 3 rings (SSSR count). The molecule has 2 aliphatic rings. The number of aromatic nitrogens is 1. The molecule has 4 heteroatoms. The molecule has 1 amide bonds. The topological polar surface area (TPSA) is 42.3 Å². The van der Waals surface area contributed by atoms with Gasteiger partial charge in [0, 0.05) is 38.3 Å². The number of piperidine rings is 1. The van der Waals surface area contributed by atoms with Crippen molar-refractivity contribution in [2.24, 2.45) is 13.0 Å². The minimum absolute atomic E-state index is 0.0539. The van der Waals surface area contributed by atoms with Crippen molar-refractivity contribution in [3.8, 4) is 0 Å². The Morgan fingerprint density at radius 2 is 1.77 bits per heavy atom. The van der Waals surface area contributed by atoms with Crippen LogP contribution >= 0.6 is 0 Å². The van der Waals surface area contributed by atoms with E-state index >= 15 is 0 Å². The fraction of sp³-hybridized carbons (Fsp3) is 0.667. The van der Waals surface area contributed by atoms with E-state index in [4.69, 9.17) is 0 Å². The van der Waals surface area contributed by atoms with Gasteiger partial charge in [0.15, 0.2) is 0 Å². The molecule has 2 fully saturated rings. The Kier molecular flexibility index (Phi) is 4.65. The number of amides is 1. The van der Waals surface area contributed by atoms with E-state index in [0.717, 1.165) is 44.3 Å². The first-order valence-corrected chi connectivity index (χ1v) is 8.60. The number of carbonyl (C=O) groups is 1. The van der Waals surface area contributed by atoms with E-state index in [0.29, 0.717) is 11.8 Å². The van der Waals surface area contributed by atoms with Crippen LogP contribution in [0.3, 0.4) is 0 Å². The lowest BCUT2D eigenvalue weighted by molar-refractivity contribution is -0.137. The standard InChI is InChI=1S/C18H26N2O2/c1-19-10-7-16(13-17(19)21)14-8-11-20(12-9-14)18(22)15-5-3-2-4-6-15/h7,10,13-15H,2-6,8-9,11-12H2,1H3. The zero-order valence-corrected chi connectivity index (χ0v) is 13.5. The maximum atomic E-state index is 12.6. The van der Waals surface area contributed by atoms with Gasteiger partial charge in [0.25, 0.3) is 5.56 Å². The van der Waals surface area contributed by atoms with Gasteiger partial charge in [0.05, 0.1) is 0 Å². The van der Waals surface area contributed by atoms with Gasteiger partial charge in [-0.15, -0.1) is 0 Å². The number of rotatable bonds is 2. The third-order valence-electron chi connectivity index (χ3n) is 5.36. The number of aryl methyl sites for hydroxylation is 1. The normalized spacial score (nSPS) is 21.0. The number of nitrogens with zero attached hydrogens (tertiary/aromatic N) is 2. The summed E-state index contributed by atoms with van der Waals surface area (Å²) in [7, 11) is 1.78. The summed E-state index contributed by atoms with van der Waals surface area (Å²) < 4.78 is 1.60. The Morgan fingerprint density at radius 1 is 1.09 bits per heavy atom. The van der Waals surface area contributed by atoms with Gasteiger partial charge in [-0.05, 0) is 43.2 Å². The fourth-order valence-electron chi connectivity index (χ4n) is 3.86. The van der Waals surface area contributed by atoms with Gasteiger partial charge in [-0.3, -0.25) is 9.59 Å². The largest absolute Gasteiger partial charge is 0.342 e. The number of carbonyl (C=O) groups excluding carboxylic acids is 1. The molecule has 1 saturated heterocycles. The zero-order chi connectivity index (χ0) is 15.5. The summed E-state index contributed by atoms with van der Waals surface area (Å²) in [6.45, 7) is 1.68. The first-order chi connectivity index (χ1) is 10.6. The second-order valence-electron chi connectivity index (χ2n) is 6.84. The van der Waals surface area contributed by atoms with Crippen molar-refractivity contribution in [1.82, 2.24) is 9.47 Å². The predicted molar refractivity (Wildman–Crippen MR) is 86.8 cm³/mol. The van der Waals surface area contributed by atoms with E-state index in [2.05, 4.69) is 4.90 Å². The van der Waals surface area contributed by atoms with Crippen LogP contribution in [0.15, 0.2) is 23.1 Å². The molecule has 2 heterocycles. The molecule has 0 radical (unpaired) electrons. The van der Waals surface area contributed by atoms with E-state index in [9.17, 15) is 9.59 Å². The van der Waals surface area contributed by atoms with Crippen molar-refractivity contribution < 1.29 is 4.79 Å². The maximum absolute atomic E-state index is 12.6. The molecule has 0 bridgehead atoms. The third-order valence-corrected chi connectivity index (χ3v) is 5.36. The van der Waals surface area contributed by atoms with Gasteiger partial charge in [-0.1, -0.05) is 19.3 Å². The van der Waals surface area contributed by atoms with Gasteiger partial charge < -0.3 is 9.47 Å². The van der Waals surface area contributed by atoms with Gasteiger partial charge >= 0.3 is 0 Å². The molecule has 0 atom stereocenters. The molecule has 4 nitrogen and oxygen atoms in total. The average Bonchev–Trinajstić information content (AvgIpc) is 2.58. The molecule has 0 N–H and O–H groups in total. The first-order valence-electron chi connectivity index (χ1n) is 8.60. The Bertz CT molecular complexity index is 579. The highest BCUT2D eigenvalue weighted by atomic mass is 16.2. The second-order valence-corrected chi connectivity index (χ2v) is 6.84. The van der Waals surface area contributed by atoms with Crippen molar-refractivity contribution in [2.45, 2.75) is 50.9 Å². The number of pyridine rings is 1. The summed E-state index contributed by atoms with van der Waals surface area (Å²) in [6.07, 6.45) is 9.66. The summed E-state index contributed by atoms with van der Waals surface area (Å²) in [5.74, 6) is 1.07. The number of hydrogen-bond acceptors (Lipinski definition) is 2. The lowest BCUT2D eigenvalue weighted by Crippen LogP contribution is -2.42. The van der Waals surface area contributed by atoms with Gasteiger partial charge in [-0.25, -0.2) is 0 Å². The minimum atomic E-state index is 0.0539. The molecule has 1 saturated carbocycles. The monoisotopic (exact) mass is 302 g/mol. The Morgan fingerprint density at radius 3 is 2.41 bits per heavy atom. The molecule has 22 heavy (non-hydrogen) atoms. The van der Waals surface area contributed by atoms with Crippen LogP contribution in [0.4, 0.5) is 0 Å². The summed E-state index contributed by atoms with van der Waals surface area (Å²) >= 11 is 0. The lowest BCUT2D eigenvalue weighted by atomic mass is 9.86. The van der Waals surface area contributed by atoms with Crippen molar-refractivity contribution in [1.29, 1.82) is 0 Å². The van der Waals surface area contributed by atoms with E-state index < -0.39 is 0 Å². The van der Waals surface area contributed by atoms with Gasteiger partial charge in [-0.2, -0.15) is 0 Å². The highest BCUT2D eigenvalue weighted by Gasteiger charge is 2.29. The van der Waals surface area contributed by atoms with Gasteiger partial charge in [0.1, 0.15) is 0 Å². The SMILES string of the molecule is Cn1ccc(C2CCN(C(=O)C3CCCCC3)CC2)cc1=O. The van der Waals surface area contributed by atoms with Crippen LogP contribution in [0.25, 0.3) is 0 Å². The van der Waals surface area contributed by atoms with E-state index in [1.807, 2.05) is 12.3 Å². The van der Waals surface area contributed by atoms with Crippen molar-refractivity contribution in [3.05, 3.63) is 34.2 Å². The molecule has 1 aliphatic carbocycles. The molecule has 1 aliphatic heterocycles. The highest BCUT2D eigenvalue weighted by Crippen LogP contribution is 2.30. The van der Waals surface area contributed by atoms with Crippen LogP contribution in [0.5, 0.6) is 0 Å². The maximum Gasteiger partial charge on any atom is 0.250 e. The summed E-state index contributed by atoms with van der Waals surface area (Å²) in [5.41, 5.74) is 1.19. The van der Waals surface area contributed by atoms with E-state index in [-0.39, 0.29) is 11.5 Å². The summed E-state index contributed by atoms with van der Waals surface area (Å²) in [4.78, 5) is 26.4. The number of likely N-dealkylation sites (tertiary alicyclic amines) is 1. The number of hydrogen-bond donors (Lipinski definition) is 0. The lowest BCUT2D eigenvalue weighted by Gasteiger charge is -2.35. The molecule has 0 unspecified atom stereocenters. The quantitative estimate of drug-likeness (QED) is 0.843. The smallest absolute Gasteiger partial charge is 0.250 e. The molecule has 0 spiro atoms. The third kappa shape index (κ3) is 3.26. The highest BCUT2D eigenvalue weighted by molar-refractivity contribution is 5.79. The van der Waals surface area contributed by atoms with Crippen molar-refractivity contribution in [3.63, 3.8) is 0 Å². The summed E-state index contributed by atoms with van der Waals surface area (Å²) in [6, 6.07) is 3.80. The Labute approximate surface area is 132 Å². The Hall–Kier alpha value is -1.58. The van der Waals surface area contributed by atoms with Crippen LogP contribution in [-0.4, -0.2) is 28.5 Å². The predicted octanol–water partition coefficient (Wildman–Crippen LogP) is 2.67. The zero-order valence-electron chi connectivity index (χ0n) is 13.5. The van der Waals surface area contributed by atoms with E-state index in [1.165, 1.54) is 19.3 Å². The van der Waals surface area contributed by atoms with Crippen molar-refractivity contribution >= 4 is 5.91 Å². The fourth-order valence-corrected chi connectivity index (χ4v) is 3.86. The minimum Gasteiger partial charge on any atom is -0.342 e. The molecule has 0 aromatic carbocycles. The van der Waals surface area contributed by atoms with Crippen LogP contribution in [0, 0.1) is 5.92 Å². The van der Waals surface area contributed by atoms with Crippen LogP contribution in [0.1, 0.15) is 56.4 Å². The van der Waals surface area contributed by atoms with Gasteiger partial charge in [0.2, 0.25) is 5.91 Å². The Balaban J connectivity index is 1.58. The molecule has 1 aromatic rings. The summed E-state index contributed by atoms with van der Waals surface area (Å²) in [5, 5.41) is 0. The second kappa shape index (κ2) is 6.67. The molecule has 1 aromatic heterocycles. The average molecular weight is 302 g/mol. The molecular weight excluding hydrogens is 276 g/mol.